The molecule has 0 radical (unpaired) electrons. The average molecular weight is 454 g/mol. The number of carbonyl (C=O) groups is 2. The summed E-state index contributed by atoms with van der Waals surface area (Å²) in [6.07, 6.45) is 1.43. The van der Waals surface area contributed by atoms with Gasteiger partial charge in [-0.2, -0.15) is 0 Å². The lowest BCUT2D eigenvalue weighted by atomic mass is 9.99. The number of hydrogen-bond donors (Lipinski definition) is 1. The number of benzene rings is 2. The number of aliphatic hydroxyl groups excluding tert-OH is 1. The van der Waals surface area contributed by atoms with Crippen molar-refractivity contribution in [2.24, 2.45) is 0 Å². The molecule has 32 heavy (non-hydrogen) atoms. The third kappa shape index (κ3) is 3.07. The molecule has 2 aliphatic heterocycles. The summed E-state index contributed by atoms with van der Waals surface area (Å²) in [5.74, 6) is -0.427. The molecule has 1 N–H and O–H groups in total. The van der Waals surface area contributed by atoms with Crippen molar-refractivity contribution in [3.63, 3.8) is 0 Å². The van der Waals surface area contributed by atoms with Crippen LogP contribution in [0.5, 0.6) is 17.2 Å². The number of nitrogens with zero attached hydrogens (tertiary/aromatic N) is 1. The first-order valence-electron chi connectivity index (χ1n) is 9.57. The molecule has 1 aromatic heterocycles. The molecule has 3 heterocycles. The van der Waals surface area contributed by atoms with Gasteiger partial charge in [-0.3, -0.25) is 14.5 Å². The zero-order valence-corrected chi connectivity index (χ0v) is 17.5. The van der Waals surface area contributed by atoms with Crippen LogP contribution in [0.4, 0.5) is 5.69 Å². The van der Waals surface area contributed by atoms with Crippen molar-refractivity contribution in [3.8, 4) is 17.2 Å². The van der Waals surface area contributed by atoms with E-state index in [4.69, 9.17) is 30.2 Å². The second-order valence-electron chi connectivity index (χ2n) is 7.07. The fourth-order valence-electron chi connectivity index (χ4n) is 3.81. The maximum Gasteiger partial charge on any atom is 0.300 e. The van der Waals surface area contributed by atoms with Crippen molar-refractivity contribution < 1.29 is 33.3 Å². The van der Waals surface area contributed by atoms with E-state index in [1.165, 1.54) is 36.5 Å². The number of hydrogen-bond acceptors (Lipinski definition) is 7. The molecule has 1 fully saturated rings. The Balaban J connectivity index is 1.68. The molecule has 162 valence electrons. The van der Waals surface area contributed by atoms with Gasteiger partial charge >= 0.3 is 0 Å². The second kappa shape index (κ2) is 7.65. The molecule has 8 nitrogen and oxygen atoms in total. The van der Waals surface area contributed by atoms with E-state index < -0.39 is 17.7 Å². The average Bonchev–Trinajstić information content (AvgIpc) is 3.54. The van der Waals surface area contributed by atoms with Crippen LogP contribution in [0.25, 0.3) is 5.76 Å². The van der Waals surface area contributed by atoms with E-state index in [0.29, 0.717) is 33.7 Å². The largest absolute Gasteiger partial charge is 0.507 e. The smallest absolute Gasteiger partial charge is 0.300 e. The van der Waals surface area contributed by atoms with Gasteiger partial charge in [0.1, 0.15) is 23.3 Å². The summed E-state index contributed by atoms with van der Waals surface area (Å²) in [4.78, 5) is 27.5. The molecular formula is C23H16ClNO7. The summed E-state index contributed by atoms with van der Waals surface area (Å²) in [5, 5.41) is 11.4. The Labute approximate surface area is 187 Å². The minimum atomic E-state index is -0.993. The number of ketones is 1. The van der Waals surface area contributed by atoms with Crippen molar-refractivity contribution >= 4 is 34.7 Å². The summed E-state index contributed by atoms with van der Waals surface area (Å²) in [6.45, 7) is 0.0671. The van der Waals surface area contributed by atoms with Crippen LogP contribution in [0.1, 0.15) is 17.4 Å². The molecular weight excluding hydrogens is 438 g/mol. The number of halogens is 1. The normalized spacial score (nSPS) is 18.9. The standard InChI is InChI=1S/C23H16ClNO7/c1-29-17-9-12(4-6-14(17)24)21(26)19-20(16-3-2-8-30-16)25(23(28)22(19)27)13-5-7-15-18(10-13)32-11-31-15/h2-10,20,26H,11H2,1H3/b21-19-. The fraction of sp³-hybridized carbons (Fsp3) is 0.130. The van der Waals surface area contributed by atoms with E-state index in [1.54, 1.807) is 30.3 Å². The molecule has 2 aromatic carbocycles. The molecule has 5 rings (SSSR count). The first kappa shape index (κ1) is 20.0. The highest BCUT2D eigenvalue weighted by molar-refractivity contribution is 6.51. The van der Waals surface area contributed by atoms with Crippen LogP contribution < -0.4 is 19.1 Å². The Kier molecular flexibility index (Phi) is 4.79. The zero-order chi connectivity index (χ0) is 22.4. The van der Waals surface area contributed by atoms with E-state index in [1.807, 2.05) is 0 Å². The van der Waals surface area contributed by atoms with Gasteiger partial charge < -0.3 is 23.7 Å². The second-order valence-corrected chi connectivity index (χ2v) is 7.48. The number of rotatable bonds is 4. The molecule has 3 aromatic rings. The third-order valence-corrected chi connectivity index (χ3v) is 5.63. The number of anilines is 1. The minimum absolute atomic E-state index is 0.0671. The summed E-state index contributed by atoms with van der Waals surface area (Å²) < 4.78 is 21.5. The predicted molar refractivity (Wildman–Crippen MR) is 114 cm³/mol. The summed E-state index contributed by atoms with van der Waals surface area (Å²) >= 11 is 6.08. The van der Waals surface area contributed by atoms with Crippen molar-refractivity contribution in [1.29, 1.82) is 0 Å². The van der Waals surface area contributed by atoms with Gasteiger partial charge in [-0.15, -0.1) is 0 Å². The first-order valence-corrected chi connectivity index (χ1v) is 9.95. The van der Waals surface area contributed by atoms with Crippen molar-refractivity contribution in [2.75, 3.05) is 18.8 Å². The number of carbonyl (C=O) groups excluding carboxylic acids is 2. The summed E-state index contributed by atoms with van der Waals surface area (Å²) in [5.41, 5.74) is 0.545. The third-order valence-electron chi connectivity index (χ3n) is 5.32. The summed E-state index contributed by atoms with van der Waals surface area (Å²) in [6, 6.07) is 11.7. The van der Waals surface area contributed by atoms with Gasteiger partial charge in [-0.25, -0.2) is 0 Å². The van der Waals surface area contributed by atoms with Crippen LogP contribution in [0.2, 0.25) is 5.02 Å². The fourth-order valence-corrected chi connectivity index (χ4v) is 4.01. The van der Waals surface area contributed by atoms with E-state index in [2.05, 4.69) is 0 Å². The number of methoxy groups -OCH3 is 1. The SMILES string of the molecule is COc1cc(/C(O)=C2/C(=O)C(=O)N(c3ccc4c(c3)OCO4)C2c2ccco2)ccc1Cl. The molecule has 1 unspecified atom stereocenters. The summed E-state index contributed by atoms with van der Waals surface area (Å²) in [7, 11) is 1.44. The van der Waals surface area contributed by atoms with Crippen LogP contribution in [-0.2, 0) is 9.59 Å². The Morgan fingerprint density at radius 1 is 1.12 bits per heavy atom. The Hall–Kier alpha value is -3.91. The van der Waals surface area contributed by atoms with E-state index >= 15 is 0 Å². The number of amides is 1. The Morgan fingerprint density at radius 2 is 1.94 bits per heavy atom. The van der Waals surface area contributed by atoms with Crippen molar-refractivity contribution in [3.05, 3.63) is 76.7 Å². The van der Waals surface area contributed by atoms with Crippen LogP contribution in [-0.4, -0.2) is 30.7 Å². The monoisotopic (exact) mass is 453 g/mol. The molecule has 0 bridgehead atoms. The van der Waals surface area contributed by atoms with Crippen LogP contribution in [0.3, 0.4) is 0 Å². The van der Waals surface area contributed by atoms with E-state index in [0.717, 1.165) is 0 Å². The quantitative estimate of drug-likeness (QED) is 0.357. The van der Waals surface area contributed by atoms with Gasteiger partial charge in [-0.05, 0) is 42.5 Å². The minimum Gasteiger partial charge on any atom is -0.507 e. The van der Waals surface area contributed by atoms with Gasteiger partial charge in [0, 0.05) is 17.3 Å². The molecule has 2 aliphatic rings. The Morgan fingerprint density at radius 3 is 2.69 bits per heavy atom. The van der Waals surface area contributed by atoms with Crippen LogP contribution in [0.15, 0.2) is 64.8 Å². The predicted octanol–water partition coefficient (Wildman–Crippen LogP) is 4.30. The maximum atomic E-state index is 13.1. The van der Waals surface area contributed by atoms with Gasteiger partial charge in [0.2, 0.25) is 6.79 Å². The number of furan rings is 1. The molecule has 1 saturated heterocycles. The highest BCUT2D eigenvalue weighted by Gasteiger charge is 2.48. The molecule has 1 amide bonds. The lowest BCUT2D eigenvalue weighted by molar-refractivity contribution is -0.132. The molecule has 0 aliphatic carbocycles. The van der Waals surface area contributed by atoms with Crippen LogP contribution >= 0.6 is 11.6 Å². The Bertz CT molecular complexity index is 1270. The molecule has 0 spiro atoms. The van der Waals surface area contributed by atoms with Gasteiger partial charge in [0.15, 0.2) is 11.5 Å². The van der Waals surface area contributed by atoms with Crippen molar-refractivity contribution in [2.45, 2.75) is 6.04 Å². The molecule has 9 heteroatoms. The highest BCUT2D eigenvalue weighted by Crippen LogP contribution is 2.45. The molecule has 1 atom stereocenters. The highest BCUT2D eigenvalue weighted by atomic mass is 35.5. The first-order chi connectivity index (χ1) is 15.5. The lowest BCUT2D eigenvalue weighted by Crippen LogP contribution is -2.29. The van der Waals surface area contributed by atoms with Gasteiger partial charge in [0.05, 0.1) is 24.0 Å². The van der Waals surface area contributed by atoms with Gasteiger partial charge in [0.25, 0.3) is 11.7 Å². The number of aliphatic hydroxyl groups is 1. The maximum absolute atomic E-state index is 13.1. The van der Waals surface area contributed by atoms with Crippen molar-refractivity contribution in [1.82, 2.24) is 0 Å². The van der Waals surface area contributed by atoms with Gasteiger partial charge in [-0.1, -0.05) is 11.6 Å². The number of Topliss-reactive ketones (excluding diaryl/α,β-unsaturated/α-hetero) is 1. The number of fused-ring (bicyclic) bond motifs is 1. The zero-order valence-electron chi connectivity index (χ0n) is 16.7. The number of ether oxygens (including phenoxy) is 3. The lowest BCUT2D eigenvalue weighted by Gasteiger charge is -2.23. The van der Waals surface area contributed by atoms with E-state index in [9.17, 15) is 14.7 Å². The topological polar surface area (TPSA) is 98.4 Å². The molecule has 0 saturated carbocycles. The van der Waals surface area contributed by atoms with E-state index in [-0.39, 0.29) is 23.7 Å². The van der Waals surface area contributed by atoms with Crippen LogP contribution in [0, 0.1) is 0 Å².